The van der Waals surface area contributed by atoms with Crippen molar-refractivity contribution in [3.05, 3.63) is 115 Å². The molecule has 3 heterocycles. The smallest absolute Gasteiger partial charge is 0.257 e. The zero-order valence-electron chi connectivity index (χ0n) is 22.2. The van der Waals surface area contributed by atoms with Crippen LogP contribution in [0.3, 0.4) is 0 Å². The van der Waals surface area contributed by atoms with Crippen LogP contribution in [0.1, 0.15) is 32.3 Å². The van der Waals surface area contributed by atoms with Gasteiger partial charge >= 0.3 is 0 Å². The Morgan fingerprint density at radius 2 is 1.28 bits per heavy atom. The van der Waals surface area contributed by atoms with Gasteiger partial charge in [0, 0.05) is 28.3 Å². The van der Waals surface area contributed by atoms with Crippen molar-refractivity contribution >= 4 is 11.4 Å². The van der Waals surface area contributed by atoms with E-state index in [-0.39, 0.29) is 5.41 Å². The monoisotopic (exact) mass is 510 g/mol. The Balaban J connectivity index is 1.29. The number of aromatic nitrogens is 4. The highest BCUT2D eigenvalue weighted by molar-refractivity contribution is 5.99. The minimum Gasteiger partial charge on any atom is -0.257 e. The first-order valence-electron chi connectivity index (χ1n) is 12.9. The Labute approximate surface area is 227 Å². The van der Waals surface area contributed by atoms with Gasteiger partial charge in [0.2, 0.25) is 5.82 Å². The van der Waals surface area contributed by atoms with Crippen LogP contribution >= 0.6 is 0 Å². The molecule has 0 radical (unpaired) electrons. The highest BCUT2D eigenvalue weighted by Crippen LogP contribution is 2.27. The van der Waals surface area contributed by atoms with Crippen LogP contribution in [0.2, 0.25) is 0 Å². The lowest BCUT2D eigenvalue weighted by Crippen LogP contribution is -2.15. The van der Waals surface area contributed by atoms with Crippen molar-refractivity contribution in [1.29, 1.82) is 0 Å². The lowest BCUT2D eigenvalue weighted by molar-refractivity contribution is -0.492. The predicted molar refractivity (Wildman–Crippen MR) is 153 cm³/mol. The molecule has 0 spiro atoms. The van der Waals surface area contributed by atoms with Crippen LogP contribution in [-0.4, -0.2) is 36.9 Å². The molecule has 0 amide bonds. The normalized spacial score (nSPS) is 13.2. The van der Waals surface area contributed by atoms with Crippen molar-refractivity contribution in [1.82, 2.24) is 19.9 Å². The predicted octanol–water partition coefficient (Wildman–Crippen LogP) is 7.08. The van der Waals surface area contributed by atoms with Gasteiger partial charge < -0.3 is 0 Å². The van der Waals surface area contributed by atoms with Crippen LogP contribution in [0.25, 0.3) is 33.8 Å². The number of hydrogen-bond acceptors (Lipinski definition) is 6. The van der Waals surface area contributed by atoms with E-state index in [1.165, 1.54) is 0 Å². The largest absolute Gasteiger partial charge is 0.268 e. The van der Waals surface area contributed by atoms with E-state index in [4.69, 9.17) is 9.97 Å². The third kappa shape index (κ3) is 5.25. The Kier molecular flexibility index (Phi) is 6.32. The van der Waals surface area contributed by atoms with E-state index in [1.807, 2.05) is 77.8 Å². The summed E-state index contributed by atoms with van der Waals surface area (Å²) in [5.74, 6) is 0.571. The molecule has 0 atom stereocenters. The number of rotatable bonds is 5. The summed E-state index contributed by atoms with van der Waals surface area (Å²) in [5.41, 5.74) is 8.07. The first-order valence-corrected chi connectivity index (χ1v) is 12.9. The van der Waals surface area contributed by atoms with Crippen molar-refractivity contribution in [2.24, 2.45) is 10.3 Å². The summed E-state index contributed by atoms with van der Waals surface area (Å²) in [6.45, 7) is 6.86. The Hall–Kier alpha value is -4.91. The summed E-state index contributed by atoms with van der Waals surface area (Å²) >= 11 is 0. The molecule has 2 aromatic heterocycles. The van der Waals surface area contributed by atoms with Gasteiger partial charge in [-0.15, -0.1) is 4.70 Å². The molecule has 3 aromatic carbocycles. The molecule has 190 valence electrons. The van der Waals surface area contributed by atoms with Crippen molar-refractivity contribution < 1.29 is 4.70 Å². The minimum absolute atomic E-state index is 0.0458. The van der Waals surface area contributed by atoms with Gasteiger partial charge in [-0.3, -0.25) is 9.97 Å². The first-order chi connectivity index (χ1) is 18.9. The van der Waals surface area contributed by atoms with Crippen molar-refractivity contribution in [2.75, 3.05) is 6.54 Å². The molecule has 1 aliphatic heterocycles. The maximum atomic E-state index is 4.89. The average molecular weight is 511 g/mol. The second-order valence-corrected chi connectivity index (χ2v) is 10.5. The van der Waals surface area contributed by atoms with Gasteiger partial charge in [0.1, 0.15) is 5.22 Å². The van der Waals surface area contributed by atoms with Crippen LogP contribution < -0.4 is 0 Å². The fraction of sp³-hybridized carbons (Fsp3) is 0.156. The summed E-state index contributed by atoms with van der Waals surface area (Å²) < 4.78 is 1.86. The molecule has 0 saturated carbocycles. The van der Waals surface area contributed by atoms with Gasteiger partial charge in [-0.2, -0.15) is 0 Å². The average Bonchev–Trinajstić information content (AvgIpc) is 3.48. The summed E-state index contributed by atoms with van der Waals surface area (Å²) in [6.07, 6.45) is 3.68. The van der Waals surface area contributed by atoms with Crippen molar-refractivity contribution in [3.63, 3.8) is 0 Å². The Bertz CT molecular complexity index is 1630. The fourth-order valence-electron chi connectivity index (χ4n) is 4.35. The topological polar surface area (TPSA) is 79.3 Å². The van der Waals surface area contributed by atoms with Crippen molar-refractivity contribution in [2.45, 2.75) is 26.2 Å². The quantitative estimate of drug-likeness (QED) is 0.237. The Morgan fingerprint density at radius 3 is 1.87 bits per heavy atom. The standard InChI is InChI=1S/C32H28N7/c1-32(2,3)30-20-33-28(19-34-30)24-15-10-16-25(17-24)39-21-29(37-38-39)31-35-26(22-11-6-4-7-12-22)18-27(36-31)23-13-8-5-9-14-23/h4-20H,21H2,1-3H3/q+1. The highest BCUT2D eigenvalue weighted by Gasteiger charge is 2.27. The van der Waals surface area contributed by atoms with E-state index in [2.05, 4.69) is 71.4 Å². The molecule has 0 aliphatic carbocycles. The fourth-order valence-corrected chi connectivity index (χ4v) is 4.35. The number of benzene rings is 3. The molecule has 6 rings (SSSR count). The van der Waals surface area contributed by atoms with Crippen LogP contribution in [0.15, 0.2) is 114 Å². The van der Waals surface area contributed by atoms with Gasteiger partial charge in [0.15, 0.2) is 12.2 Å². The van der Waals surface area contributed by atoms with Gasteiger partial charge in [0.05, 0.1) is 34.1 Å². The van der Waals surface area contributed by atoms with Crippen molar-refractivity contribution in [3.8, 4) is 33.8 Å². The second-order valence-electron chi connectivity index (χ2n) is 10.5. The molecule has 7 heteroatoms. The van der Waals surface area contributed by atoms with E-state index >= 15 is 0 Å². The number of hydrogen-bond donors (Lipinski definition) is 0. The van der Waals surface area contributed by atoms with Crippen LogP contribution in [0.5, 0.6) is 0 Å². The van der Waals surface area contributed by atoms with E-state index in [0.717, 1.165) is 45.2 Å². The maximum absolute atomic E-state index is 4.89. The van der Waals surface area contributed by atoms with Crippen LogP contribution in [0, 0.1) is 0 Å². The maximum Gasteiger partial charge on any atom is 0.268 e. The lowest BCUT2D eigenvalue weighted by Gasteiger charge is -2.16. The summed E-state index contributed by atoms with van der Waals surface area (Å²) in [4.78, 5) is 19.1. The molecular formula is C32H28N7+. The molecule has 39 heavy (non-hydrogen) atoms. The highest BCUT2D eigenvalue weighted by atomic mass is 15.5. The van der Waals surface area contributed by atoms with E-state index in [1.54, 1.807) is 0 Å². The molecule has 0 unspecified atom stereocenters. The van der Waals surface area contributed by atoms with Gasteiger partial charge in [0.25, 0.3) is 5.71 Å². The SMILES string of the molecule is CC(C)(C)c1cnc(-c2cccc([N+]3=NN=C(c4nc(-c5ccccc5)cc(-c5ccccc5)n4)C3)c2)cn1. The van der Waals surface area contributed by atoms with Gasteiger partial charge in [-0.25, -0.2) is 9.97 Å². The molecule has 7 nitrogen and oxygen atoms in total. The third-order valence-corrected chi connectivity index (χ3v) is 6.56. The summed E-state index contributed by atoms with van der Waals surface area (Å²) in [5, 5.41) is 8.94. The first kappa shape index (κ1) is 24.4. The van der Waals surface area contributed by atoms with Gasteiger partial charge in [-0.1, -0.05) is 93.6 Å². The number of nitrogens with zero attached hydrogens (tertiary/aromatic N) is 7. The second kappa shape index (κ2) is 10.1. The van der Waals surface area contributed by atoms with Gasteiger partial charge in [-0.05, 0) is 18.2 Å². The van der Waals surface area contributed by atoms with E-state index in [9.17, 15) is 0 Å². The summed E-state index contributed by atoms with van der Waals surface area (Å²) in [6, 6.07) is 30.4. The zero-order chi connectivity index (χ0) is 26.8. The zero-order valence-corrected chi connectivity index (χ0v) is 22.2. The molecule has 0 saturated heterocycles. The molecule has 0 fully saturated rings. The molecule has 0 N–H and O–H groups in total. The summed E-state index contributed by atoms with van der Waals surface area (Å²) in [7, 11) is 0. The molecule has 5 aromatic rings. The van der Waals surface area contributed by atoms with E-state index < -0.39 is 0 Å². The van der Waals surface area contributed by atoms with E-state index in [0.29, 0.717) is 18.1 Å². The molecule has 0 bridgehead atoms. The minimum atomic E-state index is -0.0458. The Morgan fingerprint density at radius 1 is 0.641 bits per heavy atom. The van der Waals surface area contributed by atoms with Crippen LogP contribution in [-0.2, 0) is 5.41 Å². The lowest BCUT2D eigenvalue weighted by atomic mass is 9.93. The molecule has 1 aliphatic rings. The van der Waals surface area contributed by atoms with Crippen LogP contribution in [0.4, 0.5) is 5.69 Å². The molecular weight excluding hydrogens is 482 g/mol. The third-order valence-electron chi connectivity index (χ3n) is 6.56.